The molecule has 4 rings (SSSR count). The van der Waals surface area contributed by atoms with E-state index in [0.29, 0.717) is 11.5 Å². The number of thiazole rings is 1. The van der Waals surface area contributed by atoms with E-state index in [2.05, 4.69) is 30.9 Å². The largest absolute Gasteiger partial charge is 0.271 e. The van der Waals surface area contributed by atoms with Crippen LogP contribution in [0.5, 0.6) is 0 Å². The van der Waals surface area contributed by atoms with Gasteiger partial charge in [0.25, 0.3) is 5.91 Å². The van der Waals surface area contributed by atoms with E-state index in [1.54, 1.807) is 6.92 Å². The van der Waals surface area contributed by atoms with Gasteiger partial charge in [0, 0.05) is 5.56 Å². The van der Waals surface area contributed by atoms with Gasteiger partial charge in [0.2, 0.25) is 5.82 Å². The number of hydrogen-bond acceptors (Lipinski definition) is 7. The lowest BCUT2D eigenvalue weighted by molar-refractivity contribution is -0.122. The minimum atomic E-state index is -0.340. The van der Waals surface area contributed by atoms with Crippen molar-refractivity contribution in [3.63, 3.8) is 0 Å². The van der Waals surface area contributed by atoms with Crippen LogP contribution in [0.4, 0.5) is 0 Å². The molecule has 0 unspecified atom stereocenters. The molecule has 9 heteroatoms. The predicted octanol–water partition coefficient (Wildman–Crippen LogP) is 2.49. The third-order valence-corrected chi connectivity index (χ3v) is 4.87. The van der Waals surface area contributed by atoms with Crippen LogP contribution in [0, 0.1) is 0 Å². The summed E-state index contributed by atoms with van der Waals surface area (Å²) in [5.41, 5.74) is 4.91. The summed E-state index contributed by atoms with van der Waals surface area (Å²) < 4.78 is 1.08. The van der Waals surface area contributed by atoms with Gasteiger partial charge in [-0.1, -0.05) is 42.5 Å². The normalized spacial score (nSPS) is 11.7. The van der Waals surface area contributed by atoms with Gasteiger partial charge in [0.1, 0.15) is 11.6 Å². The lowest BCUT2D eigenvalue weighted by atomic mass is 10.2. The number of hydrazone groups is 1. The molecule has 0 fully saturated rings. The molecule has 0 atom stereocenters. The van der Waals surface area contributed by atoms with Crippen LogP contribution < -0.4 is 5.43 Å². The molecule has 0 saturated carbocycles. The fourth-order valence-corrected chi connectivity index (χ4v) is 3.31. The Morgan fingerprint density at radius 3 is 2.74 bits per heavy atom. The highest BCUT2D eigenvalue weighted by molar-refractivity contribution is 7.20. The first kappa shape index (κ1) is 17.0. The van der Waals surface area contributed by atoms with Gasteiger partial charge in [-0.05, 0) is 24.3 Å². The summed E-state index contributed by atoms with van der Waals surface area (Å²) in [4.78, 5) is 17.8. The van der Waals surface area contributed by atoms with Crippen LogP contribution in [-0.2, 0) is 11.3 Å². The average Bonchev–Trinajstić information content (AvgIpc) is 3.33. The lowest BCUT2D eigenvalue weighted by Crippen LogP contribution is -2.25. The molecule has 0 radical (unpaired) electrons. The Bertz CT molecular complexity index is 1080. The van der Waals surface area contributed by atoms with Crippen LogP contribution in [0.1, 0.15) is 11.9 Å². The van der Waals surface area contributed by atoms with E-state index < -0.39 is 0 Å². The number of carbonyl (C=O) groups is 1. The molecular weight excluding hydrogens is 362 g/mol. The van der Waals surface area contributed by atoms with Crippen molar-refractivity contribution >= 4 is 33.2 Å². The van der Waals surface area contributed by atoms with Crippen molar-refractivity contribution in [2.45, 2.75) is 13.5 Å². The number of para-hydroxylation sites is 1. The number of nitrogens with zero attached hydrogens (tertiary/aromatic N) is 6. The molecule has 1 N–H and O–H groups in total. The number of carbonyl (C=O) groups excluding carboxylic acids is 1. The molecule has 0 aliphatic heterocycles. The van der Waals surface area contributed by atoms with Crippen molar-refractivity contribution in [1.82, 2.24) is 30.6 Å². The van der Waals surface area contributed by atoms with Crippen LogP contribution in [0.2, 0.25) is 0 Å². The molecule has 4 aromatic rings. The highest BCUT2D eigenvalue weighted by atomic mass is 32.1. The molecule has 27 heavy (non-hydrogen) atoms. The van der Waals surface area contributed by atoms with Crippen LogP contribution in [0.3, 0.4) is 0 Å². The second kappa shape index (κ2) is 7.42. The molecule has 0 bridgehead atoms. The predicted molar refractivity (Wildman–Crippen MR) is 103 cm³/mol. The first-order valence-corrected chi connectivity index (χ1v) is 9.03. The van der Waals surface area contributed by atoms with Gasteiger partial charge < -0.3 is 0 Å². The van der Waals surface area contributed by atoms with E-state index in [1.165, 1.54) is 16.1 Å². The maximum Gasteiger partial charge on any atom is 0.263 e. The van der Waals surface area contributed by atoms with E-state index in [9.17, 15) is 4.79 Å². The smallest absolute Gasteiger partial charge is 0.263 e. The van der Waals surface area contributed by atoms with Gasteiger partial charge in [-0.2, -0.15) is 9.90 Å². The quantitative estimate of drug-likeness (QED) is 0.426. The van der Waals surface area contributed by atoms with Gasteiger partial charge in [-0.15, -0.1) is 21.5 Å². The van der Waals surface area contributed by atoms with E-state index in [1.807, 2.05) is 54.6 Å². The minimum Gasteiger partial charge on any atom is -0.271 e. The van der Waals surface area contributed by atoms with E-state index in [-0.39, 0.29) is 12.5 Å². The highest BCUT2D eigenvalue weighted by Gasteiger charge is 2.10. The Kier molecular flexibility index (Phi) is 4.67. The van der Waals surface area contributed by atoms with Gasteiger partial charge in [-0.3, -0.25) is 4.79 Å². The van der Waals surface area contributed by atoms with Gasteiger partial charge in [-0.25, -0.2) is 10.4 Å². The zero-order chi connectivity index (χ0) is 18.6. The molecule has 2 aromatic carbocycles. The number of tetrazole rings is 1. The molecule has 134 valence electrons. The number of nitrogens with one attached hydrogen (secondary N) is 1. The van der Waals surface area contributed by atoms with E-state index in [4.69, 9.17) is 0 Å². The van der Waals surface area contributed by atoms with Crippen molar-refractivity contribution in [3.8, 4) is 11.4 Å². The third kappa shape index (κ3) is 3.87. The molecule has 0 aliphatic carbocycles. The van der Waals surface area contributed by atoms with Crippen molar-refractivity contribution in [2.75, 3.05) is 0 Å². The first-order chi connectivity index (χ1) is 13.2. The molecule has 0 aliphatic rings. The fraction of sp³-hybridized carbons (Fsp3) is 0.111. The summed E-state index contributed by atoms with van der Waals surface area (Å²) in [7, 11) is 0. The Balaban J connectivity index is 1.40. The number of hydrogen-bond donors (Lipinski definition) is 1. The average molecular weight is 377 g/mol. The standard InChI is InChI=1S/C18H15N7OS/c1-12(18-19-14-9-5-6-10-15(14)27-18)20-21-16(26)11-25-23-17(22-24-25)13-7-3-2-4-8-13/h2-10H,11H2,1H3,(H,21,26)/b20-12-. The number of aromatic nitrogens is 5. The van der Waals surface area contributed by atoms with Crippen LogP contribution in [0.25, 0.3) is 21.6 Å². The fourth-order valence-electron chi connectivity index (χ4n) is 2.40. The number of rotatable bonds is 5. The first-order valence-electron chi connectivity index (χ1n) is 8.21. The Morgan fingerprint density at radius 2 is 1.93 bits per heavy atom. The summed E-state index contributed by atoms with van der Waals surface area (Å²) in [6.07, 6.45) is 0. The van der Waals surface area contributed by atoms with Crippen LogP contribution >= 0.6 is 11.3 Å². The Labute approximate surface area is 158 Å². The maximum absolute atomic E-state index is 12.1. The van der Waals surface area contributed by atoms with Crippen molar-refractivity contribution in [1.29, 1.82) is 0 Å². The summed E-state index contributed by atoms with van der Waals surface area (Å²) in [5, 5.41) is 17.0. The number of fused-ring (bicyclic) bond motifs is 1. The lowest BCUT2D eigenvalue weighted by Gasteiger charge is -1.99. The molecule has 0 spiro atoms. The molecule has 2 aromatic heterocycles. The SMILES string of the molecule is C/C(=N/NC(=O)Cn1nnc(-c2ccccc2)n1)c1nc2ccccc2s1. The number of amides is 1. The minimum absolute atomic E-state index is 0.0730. The summed E-state index contributed by atoms with van der Waals surface area (Å²) >= 11 is 1.53. The zero-order valence-electron chi connectivity index (χ0n) is 14.4. The topological polar surface area (TPSA) is 98.0 Å². The van der Waals surface area contributed by atoms with Gasteiger partial charge in [0.05, 0.1) is 15.9 Å². The number of benzene rings is 2. The zero-order valence-corrected chi connectivity index (χ0v) is 15.2. The summed E-state index contributed by atoms with van der Waals surface area (Å²) in [6.45, 7) is 1.73. The molecular formula is C18H15N7OS. The second-order valence-electron chi connectivity index (χ2n) is 5.73. The molecule has 1 amide bonds. The van der Waals surface area contributed by atoms with Crippen LogP contribution in [-0.4, -0.2) is 36.8 Å². The van der Waals surface area contributed by atoms with Crippen molar-refractivity contribution < 1.29 is 4.79 Å². The molecule has 8 nitrogen and oxygen atoms in total. The van der Waals surface area contributed by atoms with Crippen molar-refractivity contribution in [3.05, 3.63) is 59.6 Å². The Hall–Kier alpha value is -3.46. The maximum atomic E-state index is 12.1. The monoisotopic (exact) mass is 377 g/mol. The van der Waals surface area contributed by atoms with Crippen LogP contribution in [0.15, 0.2) is 59.7 Å². The summed E-state index contributed by atoms with van der Waals surface area (Å²) in [5.74, 6) is 0.130. The highest BCUT2D eigenvalue weighted by Crippen LogP contribution is 2.21. The van der Waals surface area contributed by atoms with Gasteiger partial charge >= 0.3 is 0 Å². The molecule has 2 heterocycles. The Morgan fingerprint density at radius 1 is 1.15 bits per heavy atom. The third-order valence-electron chi connectivity index (χ3n) is 3.72. The van der Waals surface area contributed by atoms with Gasteiger partial charge in [0.15, 0.2) is 0 Å². The second-order valence-corrected chi connectivity index (χ2v) is 6.76. The van der Waals surface area contributed by atoms with Crippen molar-refractivity contribution in [2.24, 2.45) is 5.10 Å². The summed E-state index contributed by atoms with van der Waals surface area (Å²) in [6, 6.07) is 17.3. The van der Waals surface area contributed by atoms with E-state index >= 15 is 0 Å². The molecule has 0 saturated heterocycles. The van der Waals surface area contributed by atoms with E-state index in [0.717, 1.165) is 20.8 Å².